The molecule has 1 heterocycles. The number of hydrogen-bond acceptors (Lipinski definition) is 3. The number of rotatable bonds is 4. The molecule has 0 spiro atoms. The average molecular weight is 241 g/mol. The maximum Gasteiger partial charge on any atom is 0.0195 e. The van der Waals surface area contributed by atoms with E-state index in [1.807, 2.05) is 0 Å². The molecule has 0 aliphatic carbocycles. The maximum absolute atomic E-state index is 6.28. The average Bonchev–Trinajstić information content (AvgIpc) is 2.15. The van der Waals surface area contributed by atoms with E-state index in [9.17, 15) is 0 Å². The largest absolute Gasteiger partial charge is 0.325 e. The first-order valence-corrected chi connectivity index (χ1v) is 6.92. The molecule has 0 aromatic heterocycles. The SMILES string of the molecule is CCN1CCN(CC(C)(C)C(C)(C)N)CC1C. The second-order valence-corrected chi connectivity index (χ2v) is 6.82. The van der Waals surface area contributed by atoms with Crippen LogP contribution in [-0.4, -0.2) is 54.1 Å². The zero-order chi connectivity index (χ0) is 13.3. The van der Waals surface area contributed by atoms with E-state index in [-0.39, 0.29) is 11.0 Å². The monoisotopic (exact) mass is 241 g/mol. The summed E-state index contributed by atoms with van der Waals surface area (Å²) < 4.78 is 0. The summed E-state index contributed by atoms with van der Waals surface area (Å²) in [7, 11) is 0. The van der Waals surface area contributed by atoms with Gasteiger partial charge in [0.25, 0.3) is 0 Å². The lowest BCUT2D eigenvalue weighted by Gasteiger charge is -2.46. The summed E-state index contributed by atoms with van der Waals surface area (Å²) in [5, 5.41) is 0. The van der Waals surface area contributed by atoms with Crippen molar-refractivity contribution < 1.29 is 0 Å². The fourth-order valence-corrected chi connectivity index (χ4v) is 2.45. The molecule has 1 saturated heterocycles. The Kier molecular flexibility index (Phi) is 4.61. The first-order chi connectivity index (χ1) is 7.67. The lowest BCUT2D eigenvalue weighted by molar-refractivity contribution is 0.0427. The summed E-state index contributed by atoms with van der Waals surface area (Å²) in [4.78, 5) is 5.13. The summed E-state index contributed by atoms with van der Waals surface area (Å²) in [5.41, 5.74) is 6.31. The molecule has 2 N–H and O–H groups in total. The lowest BCUT2D eigenvalue weighted by Crippen LogP contribution is -2.58. The topological polar surface area (TPSA) is 32.5 Å². The Morgan fingerprint density at radius 3 is 2.18 bits per heavy atom. The Morgan fingerprint density at radius 2 is 1.76 bits per heavy atom. The Morgan fingerprint density at radius 1 is 1.18 bits per heavy atom. The van der Waals surface area contributed by atoms with Gasteiger partial charge in [-0.25, -0.2) is 0 Å². The summed E-state index contributed by atoms with van der Waals surface area (Å²) in [6.45, 7) is 19.2. The van der Waals surface area contributed by atoms with E-state index in [4.69, 9.17) is 5.73 Å². The van der Waals surface area contributed by atoms with Crippen molar-refractivity contribution in [3.05, 3.63) is 0 Å². The Bertz CT molecular complexity index is 242. The number of nitrogens with zero attached hydrogens (tertiary/aromatic N) is 2. The Balaban J connectivity index is 2.55. The third kappa shape index (κ3) is 3.67. The van der Waals surface area contributed by atoms with Gasteiger partial charge in [0, 0.05) is 37.8 Å². The molecule has 0 amide bonds. The van der Waals surface area contributed by atoms with Crippen LogP contribution in [0, 0.1) is 5.41 Å². The number of nitrogens with two attached hydrogens (primary N) is 1. The van der Waals surface area contributed by atoms with Gasteiger partial charge in [-0.2, -0.15) is 0 Å². The number of likely N-dealkylation sites (N-methyl/N-ethyl adjacent to an activating group) is 1. The molecule has 1 unspecified atom stereocenters. The molecular formula is C14H31N3. The maximum atomic E-state index is 6.28. The summed E-state index contributed by atoms with van der Waals surface area (Å²) in [6.07, 6.45) is 0. The van der Waals surface area contributed by atoms with Crippen LogP contribution in [0.1, 0.15) is 41.5 Å². The van der Waals surface area contributed by atoms with Gasteiger partial charge in [-0.05, 0) is 32.7 Å². The molecule has 102 valence electrons. The first kappa shape index (κ1) is 14.9. The van der Waals surface area contributed by atoms with Gasteiger partial charge < -0.3 is 5.73 Å². The molecule has 0 radical (unpaired) electrons. The highest BCUT2D eigenvalue weighted by Gasteiger charge is 2.36. The van der Waals surface area contributed by atoms with Crippen LogP contribution in [0.2, 0.25) is 0 Å². The minimum atomic E-state index is -0.127. The van der Waals surface area contributed by atoms with E-state index in [0.717, 1.165) is 6.54 Å². The predicted octanol–water partition coefficient (Wildman–Crippen LogP) is 1.78. The van der Waals surface area contributed by atoms with Crippen LogP contribution in [0.15, 0.2) is 0 Å². The summed E-state index contributed by atoms with van der Waals surface area (Å²) >= 11 is 0. The predicted molar refractivity (Wildman–Crippen MR) is 75.2 cm³/mol. The van der Waals surface area contributed by atoms with Crippen molar-refractivity contribution in [2.24, 2.45) is 11.1 Å². The Hall–Kier alpha value is -0.120. The highest BCUT2D eigenvalue weighted by Crippen LogP contribution is 2.29. The molecule has 3 heteroatoms. The van der Waals surface area contributed by atoms with Crippen molar-refractivity contribution in [3.63, 3.8) is 0 Å². The highest BCUT2D eigenvalue weighted by atomic mass is 15.3. The van der Waals surface area contributed by atoms with Crippen LogP contribution >= 0.6 is 0 Å². The van der Waals surface area contributed by atoms with Gasteiger partial charge in [0.1, 0.15) is 0 Å². The molecule has 1 atom stereocenters. The van der Waals surface area contributed by atoms with Crippen LogP contribution in [0.4, 0.5) is 0 Å². The van der Waals surface area contributed by atoms with Gasteiger partial charge in [-0.3, -0.25) is 9.80 Å². The van der Waals surface area contributed by atoms with Crippen molar-refractivity contribution in [2.75, 3.05) is 32.7 Å². The second-order valence-electron chi connectivity index (χ2n) is 6.82. The minimum absolute atomic E-state index is 0.127. The normalized spacial score (nSPS) is 25.2. The van der Waals surface area contributed by atoms with Gasteiger partial charge >= 0.3 is 0 Å². The van der Waals surface area contributed by atoms with Gasteiger partial charge in [-0.15, -0.1) is 0 Å². The van der Waals surface area contributed by atoms with Crippen molar-refractivity contribution >= 4 is 0 Å². The molecule has 0 aromatic carbocycles. The minimum Gasteiger partial charge on any atom is -0.325 e. The molecule has 3 nitrogen and oxygen atoms in total. The van der Waals surface area contributed by atoms with Gasteiger partial charge in [0.15, 0.2) is 0 Å². The molecule has 0 bridgehead atoms. The fourth-order valence-electron chi connectivity index (χ4n) is 2.45. The Labute approximate surface area is 107 Å². The molecule has 0 aromatic rings. The zero-order valence-corrected chi connectivity index (χ0v) is 12.6. The summed E-state index contributed by atoms with van der Waals surface area (Å²) in [5.74, 6) is 0. The van der Waals surface area contributed by atoms with E-state index in [2.05, 4.69) is 51.3 Å². The second kappa shape index (κ2) is 5.25. The zero-order valence-electron chi connectivity index (χ0n) is 12.6. The van der Waals surface area contributed by atoms with Gasteiger partial charge in [0.2, 0.25) is 0 Å². The van der Waals surface area contributed by atoms with E-state index >= 15 is 0 Å². The molecule has 1 fully saturated rings. The fraction of sp³-hybridized carbons (Fsp3) is 1.00. The van der Waals surface area contributed by atoms with Crippen molar-refractivity contribution in [1.29, 1.82) is 0 Å². The molecule has 1 aliphatic heterocycles. The quantitative estimate of drug-likeness (QED) is 0.814. The number of hydrogen-bond donors (Lipinski definition) is 1. The highest BCUT2D eigenvalue weighted by molar-refractivity contribution is 4.93. The van der Waals surface area contributed by atoms with E-state index in [0.29, 0.717) is 6.04 Å². The van der Waals surface area contributed by atoms with Crippen LogP contribution < -0.4 is 5.73 Å². The van der Waals surface area contributed by atoms with Gasteiger partial charge in [-0.1, -0.05) is 20.8 Å². The third-order valence-corrected chi connectivity index (χ3v) is 4.62. The van der Waals surface area contributed by atoms with E-state index < -0.39 is 0 Å². The molecule has 0 saturated carbocycles. The molecule has 17 heavy (non-hydrogen) atoms. The van der Waals surface area contributed by atoms with Crippen LogP contribution in [-0.2, 0) is 0 Å². The van der Waals surface area contributed by atoms with Crippen LogP contribution in [0.5, 0.6) is 0 Å². The number of piperazine rings is 1. The van der Waals surface area contributed by atoms with Crippen molar-refractivity contribution in [3.8, 4) is 0 Å². The summed E-state index contributed by atoms with van der Waals surface area (Å²) in [6, 6.07) is 0.672. The van der Waals surface area contributed by atoms with Crippen LogP contribution in [0.25, 0.3) is 0 Å². The van der Waals surface area contributed by atoms with E-state index in [1.54, 1.807) is 0 Å². The lowest BCUT2D eigenvalue weighted by atomic mass is 9.74. The smallest absolute Gasteiger partial charge is 0.0195 e. The molecular weight excluding hydrogens is 210 g/mol. The van der Waals surface area contributed by atoms with E-state index in [1.165, 1.54) is 26.2 Å². The third-order valence-electron chi connectivity index (χ3n) is 4.62. The first-order valence-electron chi connectivity index (χ1n) is 6.92. The van der Waals surface area contributed by atoms with Crippen molar-refractivity contribution in [2.45, 2.75) is 53.1 Å². The standard InChI is InChI=1S/C14H31N3/c1-7-17-9-8-16(10-12(17)2)11-13(3,4)14(5,6)15/h12H,7-11,15H2,1-6H3. The van der Waals surface area contributed by atoms with Crippen molar-refractivity contribution in [1.82, 2.24) is 9.80 Å². The van der Waals surface area contributed by atoms with Crippen LogP contribution in [0.3, 0.4) is 0 Å². The molecule has 1 aliphatic rings. The van der Waals surface area contributed by atoms with Gasteiger partial charge in [0.05, 0.1) is 0 Å². The molecule has 1 rings (SSSR count).